The van der Waals surface area contributed by atoms with Crippen LogP contribution in [0.1, 0.15) is 17.3 Å². The van der Waals surface area contributed by atoms with Crippen LogP contribution < -0.4 is 15.4 Å². The van der Waals surface area contributed by atoms with E-state index in [0.717, 1.165) is 18.2 Å². The fraction of sp³-hybridized carbons (Fsp3) is 0.263. The van der Waals surface area contributed by atoms with Gasteiger partial charge in [-0.25, -0.2) is 9.18 Å². The number of benzene rings is 2. The lowest BCUT2D eigenvalue weighted by Crippen LogP contribution is -2.24. The molecule has 0 saturated heterocycles. The van der Waals surface area contributed by atoms with Crippen molar-refractivity contribution in [1.82, 2.24) is 0 Å². The van der Waals surface area contributed by atoms with Gasteiger partial charge in [0.05, 0.1) is 30.1 Å². The highest BCUT2D eigenvalue weighted by molar-refractivity contribution is 6.02. The van der Waals surface area contributed by atoms with E-state index in [-0.39, 0.29) is 29.3 Å². The van der Waals surface area contributed by atoms with E-state index in [9.17, 15) is 27.2 Å². The average molecular weight is 414 g/mol. The number of carbonyl (C=O) groups is 2. The Labute approximate surface area is 163 Å². The maximum absolute atomic E-state index is 13.4. The Morgan fingerprint density at radius 1 is 1.07 bits per heavy atom. The van der Waals surface area contributed by atoms with Gasteiger partial charge in [0.25, 0.3) is 0 Å². The lowest BCUT2D eigenvalue weighted by molar-refractivity contribution is -0.153. The molecule has 6 nitrogen and oxygen atoms in total. The number of hydrogen-bond donors (Lipinski definition) is 2. The molecular weight excluding hydrogens is 396 g/mol. The summed E-state index contributed by atoms with van der Waals surface area (Å²) in [5, 5.41) is 5.02. The van der Waals surface area contributed by atoms with E-state index in [0.29, 0.717) is 0 Å². The molecule has 10 heteroatoms. The van der Waals surface area contributed by atoms with Gasteiger partial charge in [0, 0.05) is 6.07 Å². The molecule has 0 fully saturated rings. The maximum atomic E-state index is 13.4. The molecule has 0 radical (unpaired) electrons. The van der Waals surface area contributed by atoms with Gasteiger partial charge in [0.1, 0.15) is 11.6 Å². The minimum atomic E-state index is -4.57. The third kappa shape index (κ3) is 6.98. The van der Waals surface area contributed by atoms with Crippen molar-refractivity contribution in [1.29, 1.82) is 0 Å². The van der Waals surface area contributed by atoms with Gasteiger partial charge < -0.3 is 20.1 Å². The smallest absolute Gasteiger partial charge is 0.422 e. The lowest BCUT2D eigenvalue weighted by Gasteiger charge is -2.15. The van der Waals surface area contributed by atoms with Gasteiger partial charge in [-0.3, -0.25) is 4.79 Å². The first-order valence-electron chi connectivity index (χ1n) is 8.48. The summed E-state index contributed by atoms with van der Waals surface area (Å²) in [6, 6.07) is 9.02. The molecule has 2 N–H and O–H groups in total. The number of carbonyl (C=O) groups excluding carboxylic acids is 2. The molecule has 29 heavy (non-hydrogen) atoms. The van der Waals surface area contributed by atoms with E-state index in [4.69, 9.17) is 4.74 Å². The first-order valence-corrected chi connectivity index (χ1v) is 8.48. The van der Waals surface area contributed by atoms with Gasteiger partial charge >= 0.3 is 12.1 Å². The number of amides is 1. The minimum Gasteiger partial charge on any atom is -0.482 e. The Hall–Kier alpha value is -3.30. The predicted octanol–water partition coefficient (Wildman–Crippen LogP) is 3.99. The van der Waals surface area contributed by atoms with E-state index in [1.807, 2.05) is 0 Å². The van der Waals surface area contributed by atoms with Gasteiger partial charge in [-0.15, -0.1) is 0 Å². The van der Waals surface area contributed by atoms with Gasteiger partial charge in [0.15, 0.2) is 6.61 Å². The zero-order chi connectivity index (χ0) is 21.4. The number of ether oxygens (including phenoxy) is 2. The van der Waals surface area contributed by atoms with Crippen molar-refractivity contribution in [3.05, 3.63) is 53.8 Å². The molecule has 0 saturated carbocycles. The van der Waals surface area contributed by atoms with Crippen LogP contribution >= 0.6 is 0 Å². The van der Waals surface area contributed by atoms with Crippen molar-refractivity contribution in [2.75, 3.05) is 30.4 Å². The van der Waals surface area contributed by atoms with Gasteiger partial charge in [-0.1, -0.05) is 12.1 Å². The molecule has 0 aliphatic rings. The van der Waals surface area contributed by atoms with Crippen LogP contribution in [0.2, 0.25) is 0 Å². The molecule has 2 rings (SSSR count). The number of para-hydroxylation sites is 1. The largest absolute Gasteiger partial charge is 0.482 e. The fourth-order valence-electron chi connectivity index (χ4n) is 2.27. The van der Waals surface area contributed by atoms with Crippen LogP contribution in [-0.2, 0) is 9.53 Å². The third-order valence-electron chi connectivity index (χ3n) is 3.47. The van der Waals surface area contributed by atoms with Gasteiger partial charge in [0.2, 0.25) is 5.91 Å². The van der Waals surface area contributed by atoms with Crippen molar-refractivity contribution in [3.63, 3.8) is 0 Å². The molecule has 0 bridgehead atoms. The SMILES string of the molecule is CCOC(=O)c1ccccc1NC(=O)CNc1cc(F)ccc1OCC(F)(F)F. The van der Waals surface area contributed by atoms with E-state index >= 15 is 0 Å². The number of anilines is 2. The molecule has 0 atom stereocenters. The number of halogens is 4. The first kappa shape index (κ1) is 22.0. The zero-order valence-electron chi connectivity index (χ0n) is 15.3. The monoisotopic (exact) mass is 414 g/mol. The first-order chi connectivity index (χ1) is 13.7. The Balaban J connectivity index is 2.05. The van der Waals surface area contributed by atoms with Crippen LogP contribution in [-0.4, -0.2) is 37.8 Å². The highest BCUT2D eigenvalue weighted by atomic mass is 19.4. The molecule has 2 aromatic carbocycles. The van der Waals surface area contributed by atoms with E-state index in [1.54, 1.807) is 19.1 Å². The van der Waals surface area contributed by atoms with Crippen molar-refractivity contribution in [2.24, 2.45) is 0 Å². The number of alkyl halides is 3. The molecule has 0 aliphatic carbocycles. The normalized spacial score (nSPS) is 10.9. The van der Waals surface area contributed by atoms with Crippen LogP contribution in [0.3, 0.4) is 0 Å². The molecule has 0 aromatic heterocycles. The summed E-state index contributed by atoms with van der Waals surface area (Å²) in [6.07, 6.45) is -4.57. The second-order valence-corrected chi connectivity index (χ2v) is 5.71. The highest BCUT2D eigenvalue weighted by Crippen LogP contribution is 2.27. The van der Waals surface area contributed by atoms with Crippen LogP contribution in [0.15, 0.2) is 42.5 Å². The zero-order valence-corrected chi connectivity index (χ0v) is 15.3. The molecule has 0 spiro atoms. The molecule has 0 unspecified atom stereocenters. The van der Waals surface area contributed by atoms with Crippen LogP contribution in [0.4, 0.5) is 28.9 Å². The van der Waals surface area contributed by atoms with E-state index in [2.05, 4.69) is 15.4 Å². The highest BCUT2D eigenvalue weighted by Gasteiger charge is 2.29. The van der Waals surface area contributed by atoms with Gasteiger partial charge in [-0.2, -0.15) is 13.2 Å². The quantitative estimate of drug-likeness (QED) is 0.505. The van der Waals surface area contributed by atoms with Gasteiger partial charge in [-0.05, 0) is 31.2 Å². The topological polar surface area (TPSA) is 76.7 Å². The molecule has 0 heterocycles. The van der Waals surface area contributed by atoms with E-state index in [1.165, 1.54) is 12.1 Å². The van der Waals surface area contributed by atoms with Crippen molar-refractivity contribution < 1.29 is 36.6 Å². The number of esters is 1. The summed E-state index contributed by atoms with van der Waals surface area (Å²) in [5.41, 5.74) is 0.219. The van der Waals surface area contributed by atoms with Crippen LogP contribution in [0, 0.1) is 5.82 Å². The minimum absolute atomic E-state index is 0.122. The number of hydrogen-bond acceptors (Lipinski definition) is 5. The summed E-state index contributed by atoms with van der Waals surface area (Å²) in [7, 11) is 0. The van der Waals surface area contributed by atoms with Crippen molar-refractivity contribution >= 4 is 23.3 Å². The second-order valence-electron chi connectivity index (χ2n) is 5.71. The summed E-state index contributed by atoms with van der Waals surface area (Å²) in [4.78, 5) is 24.1. The molecule has 0 aliphatic heterocycles. The van der Waals surface area contributed by atoms with Crippen molar-refractivity contribution in [3.8, 4) is 5.75 Å². The summed E-state index contributed by atoms with van der Waals surface area (Å²) >= 11 is 0. The van der Waals surface area contributed by atoms with E-state index < -0.39 is 37.0 Å². The number of nitrogens with one attached hydrogen (secondary N) is 2. The lowest BCUT2D eigenvalue weighted by atomic mass is 10.2. The fourth-order valence-corrected chi connectivity index (χ4v) is 2.27. The third-order valence-corrected chi connectivity index (χ3v) is 3.47. The van der Waals surface area contributed by atoms with Crippen LogP contribution in [0.5, 0.6) is 5.75 Å². The van der Waals surface area contributed by atoms with Crippen molar-refractivity contribution in [2.45, 2.75) is 13.1 Å². The predicted molar refractivity (Wildman–Crippen MR) is 97.5 cm³/mol. The summed E-state index contributed by atoms with van der Waals surface area (Å²) in [6.45, 7) is -0.182. The summed E-state index contributed by atoms with van der Waals surface area (Å²) in [5.74, 6) is -2.22. The Morgan fingerprint density at radius 2 is 1.79 bits per heavy atom. The molecule has 2 aromatic rings. The standard InChI is InChI=1S/C19H18F4N2O4/c1-2-28-18(27)13-5-3-4-6-14(13)25-17(26)10-24-15-9-12(20)7-8-16(15)29-11-19(21,22)23/h3-9,24H,2,10-11H2,1H3,(H,25,26). The number of rotatable bonds is 8. The van der Waals surface area contributed by atoms with Crippen LogP contribution in [0.25, 0.3) is 0 Å². The molecule has 1 amide bonds. The second kappa shape index (κ2) is 9.76. The summed E-state index contributed by atoms with van der Waals surface area (Å²) < 4.78 is 60.0. The molecule has 156 valence electrons. The Kier molecular flexibility index (Phi) is 7.40. The Morgan fingerprint density at radius 3 is 2.48 bits per heavy atom. The average Bonchev–Trinajstić information content (AvgIpc) is 2.65. The maximum Gasteiger partial charge on any atom is 0.422 e. The molecular formula is C19H18F4N2O4. The Bertz CT molecular complexity index is 872.